The zero-order valence-corrected chi connectivity index (χ0v) is 19.1. The third kappa shape index (κ3) is 4.53. The van der Waals surface area contributed by atoms with Crippen molar-refractivity contribution in [2.45, 2.75) is 26.9 Å². The molecule has 0 radical (unpaired) electrons. The van der Waals surface area contributed by atoms with E-state index in [-0.39, 0.29) is 12.5 Å². The molecule has 0 spiro atoms. The molecule has 0 N–H and O–H groups in total. The molecule has 0 unspecified atom stereocenters. The first-order chi connectivity index (χ1) is 15.1. The summed E-state index contributed by atoms with van der Waals surface area (Å²) in [5.74, 6) is 0.424. The summed E-state index contributed by atoms with van der Waals surface area (Å²) in [5, 5.41) is 6.50. The number of hydrogen-bond donors (Lipinski definition) is 0. The lowest BCUT2D eigenvalue weighted by atomic mass is 10.2. The summed E-state index contributed by atoms with van der Waals surface area (Å²) in [7, 11) is 1.61. The first kappa shape index (κ1) is 21.6. The molecule has 0 atom stereocenters. The van der Waals surface area contributed by atoms with Crippen LogP contribution in [0.4, 0.5) is 0 Å². The van der Waals surface area contributed by atoms with Crippen LogP contribution in [0.5, 0.6) is 0 Å². The first-order valence-corrected chi connectivity index (χ1v) is 11.5. The van der Waals surface area contributed by atoms with Crippen molar-refractivity contribution in [1.29, 1.82) is 0 Å². The second kappa shape index (κ2) is 9.67. The van der Waals surface area contributed by atoms with E-state index in [1.807, 2.05) is 29.3 Å². The largest absolute Gasteiger partial charge is 0.378 e. The summed E-state index contributed by atoms with van der Waals surface area (Å²) < 4.78 is 7.03. The lowest BCUT2D eigenvalue weighted by Gasteiger charge is -2.34. The SMILES string of the molecule is CCCN1CCN(C(=O)c2cnn(-c3ncc(C)c(-c4cccs4)n3)c2COC)CC1. The van der Waals surface area contributed by atoms with Crippen LogP contribution in [-0.2, 0) is 11.3 Å². The second-order valence-electron chi connectivity index (χ2n) is 7.66. The van der Waals surface area contributed by atoms with Gasteiger partial charge in [0.25, 0.3) is 11.9 Å². The minimum Gasteiger partial charge on any atom is -0.378 e. The number of aromatic nitrogens is 4. The Morgan fingerprint density at radius 1 is 1.23 bits per heavy atom. The van der Waals surface area contributed by atoms with E-state index in [1.54, 1.807) is 35.5 Å². The van der Waals surface area contributed by atoms with E-state index in [9.17, 15) is 4.79 Å². The Hall–Kier alpha value is -2.62. The van der Waals surface area contributed by atoms with Crippen molar-refractivity contribution in [1.82, 2.24) is 29.5 Å². The first-order valence-electron chi connectivity index (χ1n) is 10.6. The number of aryl methyl sites for hydroxylation is 1. The monoisotopic (exact) mass is 440 g/mol. The fourth-order valence-corrected chi connectivity index (χ4v) is 4.64. The molecule has 0 saturated carbocycles. The second-order valence-corrected chi connectivity index (χ2v) is 8.61. The minimum atomic E-state index is -0.0139. The van der Waals surface area contributed by atoms with Crippen molar-refractivity contribution in [3.8, 4) is 16.5 Å². The summed E-state index contributed by atoms with van der Waals surface area (Å²) in [5.41, 5.74) is 3.09. The molecular formula is C22H28N6O2S. The topological polar surface area (TPSA) is 76.4 Å². The van der Waals surface area contributed by atoms with Gasteiger partial charge in [0.05, 0.1) is 34.6 Å². The van der Waals surface area contributed by atoms with E-state index in [4.69, 9.17) is 9.72 Å². The number of methoxy groups -OCH3 is 1. The Kier molecular flexibility index (Phi) is 6.74. The number of carbonyl (C=O) groups excluding carboxylic acids is 1. The lowest BCUT2D eigenvalue weighted by molar-refractivity contribution is 0.0633. The fraction of sp³-hybridized carbons (Fsp3) is 0.455. The van der Waals surface area contributed by atoms with E-state index >= 15 is 0 Å². The van der Waals surface area contributed by atoms with Gasteiger partial charge in [-0.1, -0.05) is 13.0 Å². The van der Waals surface area contributed by atoms with Gasteiger partial charge in [0, 0.05) is 39.5 Å². The van der Waals surface area contributed by atoms with Crippen LogP contribution in [0.15, 0.2) is 29.9 Å². The maximum atomic E-state index is 13.3. The number of thiophene rings is 1. The third-order valence-electron chi connectivity index (χ3n) is 5.48. The predicted octanol–water partition coefficient (Wildman–Crippen LogP) is 3.01. The van der Waals surface area contributed by atoms with E-state index in [0.29, 0.717) is 17.2 Å². The molecule has 9 heteroatoms. The molecule has 1 amide bonds. The summed E-state index contributed by atoms with van der Waals surface area (Å²) in [6.45, 7) is 8.75. The van der Waals surface area contributed by atoms with E-state index in [2.05, 4.69) is 21.9 Å². The average molecular weight is 441 g/mol. The maximum absolute atomic E-state index is 13.3. The molecule has 3 aromatic heterocycles. The van der Waals surface area contributed by atoms with Crippen molar-refractivity contribution in [3.05, 3.63) is 46.7 Å². The molecule has 0 bridgehead atoms. The van der Waals surface area contributed by atoms with Gasteiger partial charge in [-0.3, -0.25) is 9.69 Å². The van der Waals surface area contributed by atoms with E-state index in [1.165, 1.54) is 0 Å². The van der Waals surface area contributed by atoms with Crippen molar-refractivity contribution < 1.29 is 9.53 Å². The van der Waals surface area contributed by atoms with Gasteiger partial charge in [-0.25, -0.2) is 9.97 Å². The van der Waals surface area contributed by atoms with Crippen LogP contribution in [0.3, 0.4) is 0 Å². The van der Waals surface area contributed by atoms with Gasteiger partial charge in [-0.2, -0.15) is 9.78 Å². The highest BCUT2D eigenvalue weighted by atomic mass is 32.1. The molecule has 0 aromatic carbocycles. The van der Waals surface area contributed by atoms with Gasteiger partial charge in [0.15, 0.2) is 0 Å². The highest BCUT2D eigenvalue weighted by molar-refractivity contribution is 7.13. The van der Waals surface area contributed by atoms with Gasteiger partial charge in [-0.05, 0) is 36.9 Å². The molecule has 4 heterocycles. The number of piperazine rings is 1. The zero-order valence-electron chi connectivity index (χ0n) is 18.2. The number of carbonyl (C=O) groups is 1. The summed E-state index contributed by atoms with van der Waals surface area (Å²) in [4.78, 5) is 27.9. The summed E-state index contributed by atoms with van der Waals surface area (Å²) in [6, 6.07) is 4.04. The normalized spacial score (nSPS) is 14.9. The standard InChI is InChI=1S/C22H28N6O2S/c1-4-7-26-8-10-27(11-9-26)21(29)17-14-24-28(18(17)15-30-3)22-23-13-16(2)20(25-22)19-6-5-12-31-19/h5-6,12-14H,4,7-11,15H2,1-3H3. The number of rotatable bonds is 7. The molecule has 164 valence electrons. The molecule has 1 fully saturated rings. The average Bonchev–Trinajstić information content (AvgIpc) is 3.45. The number of ether oxygens (including phenoxy) is 1. The predicted molar refractivity (Wildman–Crippen MR) is 121 cm³/mol. The summed E-state index contributed by atoms with van der Waals surface area (Å²) in [6.07, 6.45) is 4.54. The molecule has 1 aliphatic heterocycles. The molecular weight excluding hydrogens is 412 g/mol. The minimum absolute atomic E-state index is 0.0139. The van der Waals surface area contributed by atoms with Crippen LogP contribution >= 0.6 is 11.3 Å². The molecule has 1 saturated heterocycles. The van der Waals surface area contributed by atoms with Gasteiger partial charge in [-0.15, -0.1) is 11.3 Å². The van der Waals surface area contributed by atoms with Gasteiger partial charge < -0.3 is 9.64 Å². The van der Waals surface area contributed by atoms with Crippen molar-refractivity contribution in [2.75, 3.05) is 39.8 Å². The van der Waals surface area contributed by atoms with Gasteiger partial charge >= 0.3 is 0 Å². The number of amides is 1. The Labute approximate surface area is 186 Å². The Morgan fingerprint density at radius 2 is 2.03 bits per heavy atom. The quantitative estimate of drug-likeness (QED) is 0.562. The van der Waals surface area contributed by atoms with Crippen molar-refractivity contribution in [2.24, 2.45) is 0 Å². The van der Waals surface area contributed by atoms with Crippen LogP contribution < -0.4 is 0 Å². The summed E-state index contributed by atoms with van der Waals surface area (Å²) >= 11 is 1.63. The van der Waals surface area contributed by atoms with Crippen molar-refractivity contribution >= 4 is 17.2 Å². The number of nitrogens with zero attached hydrogens (tertiary/aromatic N) is 6. The van der Waals surface area contributed by atoms with Gasteiger partial charge in [0.1, 0.15) is 0 Å². The van der Waals surface area contributed by atoms with Crippen LogP contribution in [-0.4, -0.2) is 75.3 Å². The highest BCUT2D eigenvalue weighted by Gasteiger charge is 2.27. The Morgan fingerprint density at radius 3 is 2.71 bits per heavy atom. The molecule has 4 rings (SSSR count). The molecule has 8 nitrogen and oxygen atoms in total. The fourth-order valence-electron chi connectivity index (χ4n) is 3.86. The maximum Gasteiger partial charge on any atom is 0.257 e. The molecule has 31 heavy (non-hydrogen) atoms. The van der Waals surface area contributed by atoms with E-state index in [0.717, 1.165) is 55.3 Å². The third-order valence-corrected chi connectivity index (χ3v) is 6.36. The Balaban J connectivity index is 1.63. The van der Waals surface area contributed by atoms with E-state index < -0.39 is 0 Å². The molecule has 1 aliphatic rings. The molecule has 0 aliphatic carbocycles. The smallest absolute Gasteiger partial charge is 0.257 e. The highest BCUT2D eigenvalue weighted by Crippen LogP contribution is 2.26. The lowest BCUT2D eigenvalue weighted by Crippen LogP contribution is -2.48. The van der Waals surface area contributed by atoms with Crippen LogP contribution in [0.2, 0.25) is 0 Å². The Bertz CT molecular complexity index is 1020. The van der Waals surface area contributed by atoms with Gasteiger partial charge in [0.2, 0.25) is 0 Å². The van der Waals surface area contributed by atoms with Crippen LogP contribution in [0, 0.1) is 6.92 Å². The van der Waals surface area contributed by atoms with Crippen molar-refractivity contribution in [3.63, 3.8) is 0 Å². The van der Waals surface area contributed by atoms with Crippen LogP contribution in [0.25, 0.3) is 16.5 Å². The molecule has 3 aromatic rings. The zero-order chi connectivity index (χ0) is 21.8. The number of hydrogen-bond acceptors (Lipinski definition) is 7. The van der Waals surface area contributed by atoms with Crippen LogP contribution in [0.1, 0.15) is 35.0 Å².